The third kappa shape index (κ3) is 7.91. The summed E-state index contributed by atoms with van der Waals surface area (Å²) in [6, 6.07) is 11.9. The summed E-state index contributed by atoms with van der Waals surface area (Å²) in [5.74, 6) is -10.3. The molecule has 0 aliphatic rings. The van der Waals surface area contributed by atoms with Gasteiger partial charge in [-0.2, -0.15) is 18.4 Å². The van der Waals surface area contributed by atoms with E-state index in [2.05, 4.69) is 15.6 Å². The van der Waals surface area contributed by atoms with Gasteiger partial charge in [0.1, 0.15) is 17.4 Å². The van der Waals surface area contributed by atoms with Gasteiger partial charge in [-0.1, -0.05) is 12.1 Å². The molecule has 274 valence electrons. The van der Waals surface area contributed by atoms with Crippen LogP contribution in [0.5, 0.6) is 5.75 Å². The summed E-state index contributed by atoms with van der Waals surface area (Å²) >= 11 is 0. The molecule has 0 bridgehead atoms. The number of carbonyl (C=O) groups excluding carboxylic acids is 1. The SMILES string of the molecule is CNCCCOc1cc(C(=O)Nc2cccc(-c3cc4ncn(C)c4cc3C(F)(F)F)c2)ccc1NS(=O)(=O)c1c(F)c(F)c(C#N)c(F)c1F.Cl. The van der Waals surface area contributed by atoms with Crippen LogP contribution >= 0.6 is 12.4 Å². The first kappa shape index (κ1) is 39.4. The third-order valence-corrected chi connectivity index (χ3v) is 8.91. The van der Waals surface area contributed by atoms with Crippen LogP contribution in [0.2, 0.25) is 0 Å². The molecule has 0 aliphatic heterocycles. The number of hydrogen-bond donors (Lipinski definition) is 3. The maximum Gasteiger partial charge on any atom is 0.417 e. The molecule has 1 amide bonds. The van der Waals surface area contributed by atoms with Crippen LogP contribution < -0.4 is 20.1 Å². The van der Waals surface area contributed by atoms with Gasteiger partial charge in [-0.15, -0.1) is 12.4 Å². The third-order valence-electron chi connectivity index (χ3n) is 7.52. The molecule has 1 aromatic heterocycles. The Balaban J connectivity index is 0.00000605. The quantitative estimate of drug-likeness (QED) is 0.0737. The van der Waals surface area contributed by atoms with Crippen molar-refractivity contribution in [2.45, 2.75) is 17.5 Å². The topological polar surface area (TPSA) is 138 Å². The van der Waals surface area contributed by atoms with Crippen molar-refractivity contribution in [1.29, 1.82) is 5.26 Å². The number of aromatic nitrogens is 2. The Bertz CT molecular complexity index is 2300. The summed E-state index contributed by atoms with van der Waals surface area (Å²) in [6.45, 7) is 0.384. The molecule has 3 N–H and O–H groups in total. The Morgan fingerprint density at radius 3 is 2.33 bits per heavy atom. The van der Waals surface area contributed by atoms with Gasteiger partial charge >= 0.3 is 6.18 Å². The standard InChI is InChI=1S/C33H25F7N6O4S.ClH/c1-42-9-4-10-50-26-12-18(7-8-23(26)45-51(48,49)31-29(36)27(34)21(15-41)28(35)30(31)37)32(47)44-19-6-3-5-17(11-19)20-13-24-25(46(2)16-43-24)14-22(20)33(38,39)40;/h3,5-8,11-14,16,42,45H,4,9-10H2,1-2H3,(H,44,47);1H. The van der Waals surface area contributed by atoms with Gasteiger partial charge in [0.2, 0.25) is 0 Å². The summed E-state index contributed by atoms with van der Waals surface area (Å²) in [4.78, 5) is 15.4. The van der Waals surface area contributed by atoms with Crippen LogP contribution in [0.1, 0.15) is 27.9 Å². The van der Waals surface area contributed by atoms with E-state index in [0.29, 0.717) is 18.5 Å². The summed E-state index contributed by atoms with van der Waals surface area (Å²) in [5, 5.41) is 14.2. The van der Waals surface area contributed by atoms with E-state index in [1.54, 1.807) is 18.8 Å². The lowest BCUT2D eigenvalue weighted by Crippen LogP contribution is -2.20. The molecular formula is C33H26ClF7N6O4S. The van der Waals surface area contributed by atoms with E-state index in [-0.39, 0.29) is 52.7 Å². The minimum Gasteiger partial charge on any atom is -0.491 e. The number of hydrogen-bond acceptors (Lipinski definition) is 7. The molecule has 0 atom stereocenters. The van der Waals surface area contributed by atoms with Crippen molar-refractivity contribution in [3.05, 3.63) is 101 Å². The van der Waals surface area contributed by atoms with E-state index < -0.39 is 67.1 Å². The van der Waals surface area contributed by atoms with Crippen LogP contribution in [0.3, 0.4) is 0 Å². The lowest BCUT2D eigenvalue weighted by atomic mass is 9.98. The number of amides is 1. The average Bonchev–Trinajstić information content (AvgIpc) is 3.45. The number of nitriles is 1. The fraction of sp³-hybridized carbons (Fsp3) is 0.182. The van der Waals surface area contributed by atoms with E-state index in [9.17, 15) is 43.9 Å². The summed E-state index contributed by atoms with van der Waals surface area (Å²) < 4.78 is 135. The van der Waals surface area contributed by atoms with Crippen molar-refractivity contribution in [1.82, 2.24) is 14.9 Å². The predicted octanol–water partition coefficient (Wildman–Crippen LogP) is 7.15. The largest absolute Gasteiger partial charge is 0.491 e. The Labute approximate surface area is 297 Å². The number of halogens is 8. The average molecular weight is 771 g/mol. The summed E-state index contributed by atoms with van der Waals surface area (Å²) in [7, 11) is -2.20. The number of imidazole rings is 1. The van der Waals surface area contributed by atoms with Gasteiger partial charge in [0.25, 0.3) is 15.9 Å². The molecule has 0 saturated heterocycles. The van der Waals surface area contributed by atoms with Crippen molar-refractivity contribution >= 4 is 50.7 Å². The Hall–Kier alpha value is -5.38. The lowest BCUT2D eigenvalue weighted by molar-refractivity contribution is -0.137. The number of sulfonamides is 1. The minimum absolute atomic E-state index is 0. The second-order valence-electron chi connectivity index (χ2n) is 11.0. The second-order valence-corrected chi connectivity index (χ2v) is 12.6. The molecule has 5 rings (SSSR count). The van der Waals surface area contributed by atoms with Gasteiger partial charge in [0.15, 0.2) is 28.2 Å². The van der Waals surface area contributed by atoms with Crippen molar-refractivity contribution in [2.75, 3.05) is 30.2 Å². The maximum absolute atomic E-state index is 14.6. The molecule has 19 heteroatoms. The van der Waals surface area contributed by atoms with E-state index >= 15 is 0 Å². The zero-order valence-corrected chi connectivity index (χ0v) is 28.5. The first-order chi connectivity index (χ1) is 24.1. The number of anilines is 2. The predicted molar refractivity (Wildman–Crippen MR) is 179 cm³/mol. The fourth-order valence-corrected chi connectivity index (χ4v) is 6.27. The first-order valence-electron chi connectivity index (χ1n) is 14.7. The van der Waals surface area contributed by atoms with E-state index in [0.717, 1.165) is 30.3 Å². The van der Waals surface area contributed by atoms with Crippen LogP contribution in [-0.4, -0.2) is 44.1 Å². The number of carbonyl (C=O) groups is 1. The van der Waals surface area contributed by atoms with Crippen molar-refractivity contribution < 1.29 is 48.7 Å². The highest BCUT2D eigenvalue weighted by Gasteiger charge is 2.35. The highest BCUT2D eigenvalue weighted by molar-refractivity contribution is 7.92. The van der Waals surface area contributed by atoms with E-state index in [4.69, 9.17) is 10.00 Å². The molecule has 0 radical (unpaired) electrons. The van der Waals surface area contributed by atoms with Gasteiger partial charge in [0.05, 0.1) is 35.2 Å². The monoisotopic (exact) mass is 770 g/mol. The van der Waals surface area contributed by atoms with E-state index in [1.165, 1.54) is 41.2 Å². The Morgan fingerprint density at radius 2 is 1.69 bits per heavy atom. The van der Waals surface area contributed by atoms with Crippen LogP contribution in [0, 0.1) is 34.6 Å². The normalized spacial score (nSPS) is 11.5. The number of alkyl halides is 3. The molecular weight excluding hydrogens is 745 g/mol. The molecule has 0 saturated carbocycles. The zero-order chi connectivity index (χ0) is 37.2. The molecule has 0 unspecified atom stereocenters. The Kier molecular flexibility index (Phi) is 11.7. The van der Waals surface area contributed by atoms with Gasteiger partial charge in [-0.05, 0) is 73.6 Å². The maximum atomic E-state index is 14.6. The molecule has 0 fully saturated rings. The van der Waals surface area contributed by atoms with E-state index in [1.807, 2.05) is 0 Å². The molecule has 5 aromatic rings. The fourth-order valence-electron chi connectivity index (χ4n) is 5.05. The molecule has 0 spiro atoms. The number of nitrogens with one attached hydrogen (secondary N) is 3. The molecule has 52 heavy (non-hydrogen) atoms. The zero-order valence-electron chi connectivity index (χ0n) is 26.8. The Morgan fingerprint density at radius 1 is 1.00 bits per heavy atom. The highest BCUT2D eigenvalue weighted by Crippen LogP contribution is 2.40. The van der Waals surface area contributed by atoms with Gasteiger partial charge in [-0.25, -0.2) is 31.0 Å². The number of nitrogens with zero attached hydrogens (tertiary/aromatic N) is 3. The van der Waals surface area contributed by atoms with Crippen LogP contribution in [0.4, 0.5) is 42.1 Å². The summed E-state index contributed by atoms with van der Waals surface area (Å²) in [6.07, 6.45) is -2.98. The highest BCUT2D eigenvalue weighted by atomic mass is 35.5. The smallest absolute Gasteiger partial charge is 0.417 e. The van der Waals surface area contributed by atoms with Crippen LogP contribution in [0.25, 0.3) is 22.2 Å². The van der Waals surface area contributed by atoms with Crippen molar-refractivity contribution in [3.63, 3.8) is 0 Å². The molecule has 4 aromatic carbocycles. The first-order valence-corrected chi connectivity index (χ1v) is 16.2. The molecule has 1 heterocycles. The number of ether oxygens (including phenoxy) is 1. The number of fused-ring (bicyclic) bond motifs is 1. The number of benzene rings is 4. The minimum atomic E-state index is -5.41. The van der Waals surface area contributed by atoms with Crippen molar-refractivity contribution in [3.8, 4) is 22.9 Å². The van der Waals surface area contributed by atoms with Crippen LogP contribution in [-0.2, 0) is 23.2 Å². The lowest BCUT2D eigenvalue weighted by Gasteiger charge is -2.17. The number of aryl methyl sites for hydroxylation is 1. The van der Waals surface area contributed by atoms with Gasteiger partial charge in [-0.3, -0.25) is 9.52 Å². The van der Waals surface area contributed by atoms with Crippen molar-refractivity contribution in [2.24, 2.45) is 7.05 Å². The number of rotatable bonds is 11. The summed E-state index contributed by atoms with van der Waals surface area (Å²) in [5.41, 5.74) is -2.62. The van der Waals surface area contributed by atoms with Crippen LogP contribution in [0.15, 0.2) is 65.8 Å². The second kappa shape index (κ2) is 15.5. The van der Waals surface area contributed by atoms with Gasteiger partial charge in [0, 0.05) is 18.3 Å². The molecule has 0 aliphatic carbocycles. The molecule has 10 nitrogen and oxygen atoms in total. The van der Waals surface area contributed by atoms with Gasteiger partial charge < -0.3 is 19.9 Å².